The van der Waals surface area contributed by atoms with E-state index in [9.17, 15) is 13.2 Å². The van der Waals surface area contributed by atoms with Gasteiger partial charge < -0.3 is 10.1 Å². The van der Waals surface area contributed by atoms with Crippen molar-refractivity contribution < 1.29 is 17.9 Å². The van der Waals surface area contributed by atoms with Crippen molar-refractivity contribution in [3.8, 4) is 22.8 Å². The van der Waals surface area contributed by atoms with E-state index in [0.717, 1.165) is 17.7 Å². The van der Waals surface area contributed by atoms with E-state index in [1.165, 1.54) is 5.56 Å². The number of benzene rings is 3. The van der Waals surface area contributed by atoms with Gasteiger partial charge in [-0.05, 0) is 67.8 Å². The summed E-state index contributed by atoms with van der Waals surface area (Å²) in [5.74, 6) is 1.21. The van der Waals surface area contributed by atoms with Crippen molar-refractivity contribution in [1.29, 1.82) is 0 Å². The Morgan fingerprint density at radius 3 is 2.37 bits per heavy atom. The number of rotatable bonds is 7. The normalized spacial score (nSPS) is 16.1. The van der Waals surface area contributed by atoms with Gasteiger partial charge >= 0.3 is 0 Å². The lowest BCUT2D eigenvalue weighted by molar-refractivity contribution is 0.102. The molecule has 0 spiro atoms. The van der Waals surface area contributed by atoms with Gasteiger partial charge in [0.15, 0.2) is 15.5 Å². The number of aryl methyl sites for hydroxylation is 2. The number of sulfone groups is 1. The maximum Gasteiger partial charge on any atom is 0.256 e. The second-order valence-electron chi connectivity index (χ2n) is 10.3. The Labute approximate surface area is 238 Å². The van der Waals surface area contributed by atoms with Gasteiger partial charge in [0.1, 0.15) is 11.5 Å². The number of ether oxygens (including phenoxy) is 1. The lowest BCUT2D eigenvalue weighted by Crippen LogP contribution is -2.15. The lowest BCUT2D eigenvalue weighted by atomic mass is 10.0. The summed E-state index contributed by atoms with van der Waals surface area (Å²) in [6.07, 6.45) is 1.38. The molecule has 5 aromatic rings. The van der Waals surface area contributed by atoms with E-state index in [4.69, 9.17) is 14.8 Å². The molecule has 3 aromatic carbocycles. The Morgan fingerprint density at radius 1 is 1.00 bits per heavy atom. The van der Waals surface area contributed by atoms with E-state index in [1.807, 2.05) is 61.5 Å². The Bertz CT molecular complexity index is 1830. The van der Waals surface area contributed by atoms with Gasteiger partial charge in [-0.2, -0.15) is 5.10 Å². The fourth-order valence-electron chi connectivity index (χ4n) is 5.20. The molecule has 1 aliphatic rings. The van der Waals surface area contributed by atoms with Gasteiger partial charge in [0.05, 0.1) is 39.9 Å². The largest absolute Gasteiger partial charge is 0.457 e. The van der Waals surface area contributed by atoms with Crippen LogP contribution in [0.4, 0.5) is 5.69 Å². The van der Waals surface area contributed by atoms with Crippen molar-refractivity contribution in [3.63, 3.8) is 0 Å². The molecule has 0 radical (unpaired) electrons. The first-order chi connectivity index (χ1) is 19.8. The van der Waals surface area contributed by atoms with Crippen LogP contribution < -0.4 is 10.1 Å². The minimum atomic E-state index is -3.14. The van der Waals surface area contributed by atoms with Gasteiger partial charge in [-0.25, -0.2) is 18.1 Å². The lowest BCUT2D eigenvalue weighted by Gasteiger charge is -2.13. The van der Waals surface area contributed by atoms with Crippen molar-refractivity contribution in [2.24, 2.45) is 0 Å². The second kappa shape index (κ2) is 10.8. The van der Waals surface area contributed by atoms with E-state index in [1.54, 1.807) is 35.0 Å². The number of nitrogens with one attached hydrogen (secondary N) is 1. The fraction of sp³-hybridized carbons (Fsp3) is 0.219. The predicted molar refractivity (Wildman–Crippen MR) is 160 cm³/mol. The molecule has 1 aliphatic heterocycles. The highest BCUT2D eigenvalue weighted by Crippen LogP contribution is 2.33. The van der Waals surface area contributed by atoms with E-state index in [2.05, 4.69) is 12.2 Å². The summed E-state index contributed by atoms with van der Waals surface area (Å²) in [6.45, 7) is 3.92. The van der Waals surface area contributed by atoms with Gasteiger partial charge in [0, 0.05) is 11.3 Å². The first-order valence-corrected chi connectivity index (χ1v) is 15.5. The average Bonchev–Trinajstić information content (AvgIpc) is 3.52. The molecule has 1 unspecified atom stereocenters. The molecule has 9 heteroatoms. The van der Waals surface area contributed by atoms with E-state index < -0.39 is 9.84 Å². The average molecular weight is 567 g/mol. The van der Waals surface area contributed by atoms with Gasteiger partial charge in [-0.15, -0.1) is 0 Å². The van der Waals surface area contributed by atoms with Crippen LogP contribution in [0.25, 0.3) is 22.3 Å². The quantitative estimate of drug-likeness (QED) is 0.245. The van der Waals surface area contributed by atoms with Crippen LogP contribution in [-0.2, 0) is 16.3 Å². The second-order valence-corrected chi connectivity index (χ2v) is 12.5. The first kappa shape index (κ1) is 26.7. The zero-order chi connectivity index (χ0) is 28.6. The van der Waals surface area contributed by atoms with Gasteiger partial charge in [-0.1, -0.05) is 49.4 Å². The van der Waals surface area contributed by atoms with Crippen molar-refractivity contribution in [2.75, 3.05) is 16.8 Å². The van der Waals surface area contributed by atoms with Crippen LogP contribution in [-0.4, -0.2) is 40.6 Å². The van der Waals surface area contributed by atoms with E-state index in [0.29, 0.717) is 45.8 Å². The molecule has 0 aliphatic carbocycles. The summed E-state index contributed by atoms with van der Waals surface area (Å²) in [5.41, 5.74) is 4.87. The molecular formula is C32H30N4O4S. The molecule has 41 heavy (non-hydrogen) atoms. The van der Waals surface area contributed by atoms with Crippen LogP contribution in [0.2, 0.25) is 0 Å². The third-order valence-corrected chi connectivity index (χ3v) is 9.14. The summed E-state index contributed by atoms with van der Waals surface area (Å²) in [6, 6.07) is 26.2. The molecule has 0 bridgehead atoms. The Balaban J connectivity index is 1.37. The number of para-hydroxylation sites is 1. The number of carbonyl (C=O) groups is 1. The number of fused-ring (bicyclic) bond motifs is 1. The van der Waals surface area contributed by atoms with Crippen molar-refractivity contribution in [2.45, 2.75) is 32.7 Å². The molecule has 0 saturated carbocycles. The van der Waals surface area contributed by atoms with Crippen LogP contribution in [0.5, 0.6) is 11.5 Å². The summed E-state index contributed by atoms with van der Waals surface area (Å²) in [5, 5.41) is 8.31. The summed E-state index contributed by atoms with van der Waals surface area (Å²) in [7, 11) is -3.14. The minimum absolute atomic E-state index is 0.0132. The zero-order valence-corrected chi connectivity index (χ0v) is 23.7. The molecule has 2 aromatic heterocycles. The van der Waals surface area contributed by atoms with Crippen molar-refractivity contribution in [1.82, 2.24) is 14.8 Å². The number of amides is 1. The Hall–Kier alpha value is -4.50. The molecular weight excluding hydrogens is 536 g/mol. The molecule has 6 rings (SSSR count). The summed E-state index contributed by atoms with van der Waals surface area (Å²) < 4.78 is 32.1. The third kappa shape index (κ3) is 5.58. The maximum atomic E-state index is 13.8. The highest BCUT2D eigenvalue weighted by Gasteiger charge is 2.32. The SMILES string of the molecule is CCc1ccc(-c2cc(C(=O)Nc3ccc(Oc4ccccc4)cc3)c3c(C)nn(C4CCS(=O)(=O)C4)c3n2)cc1. The van der Waals surface area contributed by atoms with E-state index >= 15 is 0 Å². The molecule has 3 heterocycles. The number of hydrogen-bond acceptors (Lipinski definition) is 6. The monoisotopic (exact) mass is 566 g/mol. The van der Waals surface area contributed by atoms with Crippen molar-refractivity contribution >= 4 is 32.5 Å². The number of hydrogen-bond donors (Lipinski definition) is 1. The predicted octanol–water partition coefficient (Wildman–Crippen LogP) is 6.37. The number of anilines is 1. The Kier molecular flexibility index (Phi) is 7.05. The maximum absolute atomic E-state index is 13.8. The topological polar surface area (TPSA) is 103 Å². The molecule has 1 atom stereocenters. The first-order valence-electron chi connectivity index (χ1n) is 13.6. The van der Waals surface area contributed by atoms with Crippen LogP contribution in [0.1, 0.15) is 41.0 Å². The third-order valence-electron chi connectivity index (χ3n) is 7.38. The minimum Gasteiger partial charge on any atom is -0.457 e. The highest BCUT2D eigenvalue weighted by atomic mass is 32.2. The van der Waals surface area contributed by atoms with Gasteiger partial charge in [0.2, 0.25) is 0 Å². The summed E-state index contributed by atoms with van der Waals surface area (Å²) >= 11 is 0. The molecule has 208 valence electrons. The zero-order valence-electron chi connectivity index (χ0n) is 22.9. The molecule has 1 saturated heterocycles. The van der Waals surface area contributed by atoms with Crippen LogP contribution in [0, 0.1) is 6.92 Å². The number of nitrogens with zero attached hydrogens (tertiary/aromatic N) is 3. The Morgan fingerprint density at radius 2 is 1.71 bits per heavy atom. The number of carbonyl (C=O) groups excluding carboxylic acids is 1. The van der Waals surface area contributed by atoms with Crippen LogP contribution in [0.3, 0.4) is 0 Å². The van der Waals surface area contributed by atoms with E-state index in [-0.39, 0.29) is 23.5 Å². The van der Waals surface area contributed by atoms with Crippen molar-refractivity contribution in [3.05, 3.63) is 102 Å². The molecule has 1 N–H and O–H groups in total. The standard InChI is InChI=1S/C32H30N4O4S/c1-3-22-9-11-23(12-10-22)29-19-28(30-21(2)35-36(31(30)34-29)25-17-18-41(38,39)20-25)32(37)33-24-13-15-27(16-14-24)40-26-7-5-4-6-8-26/h4-16,19,25H,3,17-18,20H2,1-2H3,(H,33,37). The highest BCUT2D eigenvalue weighted by molar-refractivity contribution is 7.91. The van der Waals surface area contributed by atoms with Crippen LogP contribution >= 0.6 is 0 Å². The van der Waals surface area contributed by atoms with Gasteiger partial charge in [0.25, 0.3) is 5.91 Å². The molecule has 1 amide bonds. The smallest absolute Gasteiger partial charge is 0.256 e. The number of pyridine rings is 1. The molecule has 8 nitrogen and oxygen atoms in total. The molecule has 1 fully saturated rings. The fourth-order valence-corrected chi connectivity index (χ4v) is 6.90. The van der Waals surface area contributed by atoms with Gasteiger partial charge in [-0.3, -0.25) is 4.79 Å². The summed E-state index contributed by atoms with van der Waals surface area (Å²) in [4.78, 5) is 18.7. The number of aromatic nitrogens is 3. The van der Waals surface area contributed by atoms with Crippen LogP contribution in [0.15, 0.2) is 84.9 Å².